The molecule has 1 aliphatic rings. The number of hydrogen-bond donors (Lipinski definition) is 1. The highest BCUT2D eigenvalue weighted by molar-refractivity contribution is 5.93. The van der Waals surface area contributed by atoms with E-state index in [1.165, 1.54) is 0 Å². The first kappa shape index (κ1) is 8.81. The van der Waals surface area contributed by atoms with Crippen molar-refractivity contribution in [2.45, 2.75) is 0 Å². The minimum absolute atomic E-state index is 0.376. The first-order chi connectivity index (χ1) is 6.77. The molecule has 3 heteroatoms. The molecule has 1 heterocycles. The molecule has 0 bridgehead atoms. The second kappa shape index (κ2) is 3.54. The highest BCUT2D eigenvalue weighted by atomic mass is 16.1. The van der Waals surface area contributed by atoms with Gasteiger partial charge in [0.25, 0.3) is 0 Å². The molecule has 0 saturated heterocycles. The fourth-order valence-corrected chi connectivity index (χ4v) is 1.54. The van der Waals surface area contributed by atoms with Gasteiger partial charge in [-0.3, -0.25) is 4.79 Å². The Morgan fingerprint density at radius 3 is 2.64 bits per heavy atom. The predicted octanol–water partition coefficient (Wildman–Crippen LogP) is 1.16. The Balaban J connectivity index is 2.26. The van der Waals surface area contributed by atoms with Crippen LogP contribution in [0.4, 0.5) is 5.69 Å². The molecule has 72 valence electrons. The predicted molar refractivity (Wildman–Crippen MR) is 56.3 cm³/mol. The Kier molecular flexibility index (Phi) is 2.23. The lowest BCUT2D eigenvalue weighted by Crippen LogP contribution is -2.19. The number of carbonyl (C=O) groups excluding carboxylic acids is 1. The Morgan fingerprint density at radius 1 is 1.29 bits per heavy atom. The summed E-state index contributed by atoms with van der Waals surface area (Å²) in [5, 5.41) is 0. The summed E-state index contributed by atoms with van der Waals surface area (Å²) in [5.41, 5.74) is 6.82. The Labute approximate surface area is 82.8 Å². The second-order valence-electron chi connectivity index (χ2n) is 3.29. The quantitative estimate of drug-likeness (QED) is 0.708. The van der Waals surface area contributed by atoms with Gasteiger partial charge in [0, 0.05) is 24.3 Å². The van der Waals surface area contributed by atoms with Crippen LogP contribution in [0, 0.1) is 0 Å². The SMILES string of the molecule is NC(=O)c1cccc(N2CC=CC2)c1. The van der Waals surface area contributed by atoms with E-state index in [1.54, 1.807) is 6.07 Å². The molecule has 0 radical (unpaired) electrons. The van der Waals surface area contributed by atoms with E-state index in [-0.39, 0.29) is 5.91 Å². The average Bonchev–Trinajstić information content (AvgIpc) is 2.71. The van der Waals surface area contributed by atoms with Crippen LogP contribution in [0.2, 0.25) is 0 Å². The van der Waals surface area contributed by atoms with Crippen molar-refractivity contribution < 1.29 is 4.79 Å². The van der Waals surface area contributed by atoms with Crippen LogP contribution in [0.1, 0.15) is 10.4 Å². The fraction of sp³-hybridized carbons (Fsp3) is 0.182. The molecule has 2 rings (SSSR count). The van der Waals surface area contributed by atoms with Gasteiger partial charge in [-0.25, -0.2) is 0 Å². The van der Waals surface area contributed by atoms with Crippen molar-refractivity contribution in [2.75, 3.05) is 18.0 Å². The molecule has 1 aliphatic heterocycles. The van der Waals surface area contributed by atoms with Crippen molar-refractivity contribution in [3.05, 3.63) is 42.0 Å². The monoisotopic (exact) mass is 188 g/mol. The number of anilines is 1. The number of nitrogens with two attached hydrogens (primary N) is 1. The first-order valence-electron chi connectivity index (χ1n) is 4.57. The largest absolute Gasteiger partial charge is 0.366 e. The van der Waals surface area contributed by atoms with Crippen LogP contribution < -0.4 is 10.6 Å². The van der Waals surface area contributed by atoms with Gasteiger partial charge in [0.15, 0.2) is 0 Å². The third-order valence-corrected chi connectivity index (χ3v) is 2.31. The van der Waals surface area contributed by atoms with Crippen molar-refractivity contribution >= 4 is 11.6 Å². The van der Waals surface area contributed by atoms with Crippen molar-refractivity contribution in [1.29, 1.82) is 0 Å². The maximum atomic E-state index is 11.0. The maximum absolute atomic E-state index is 11.0. The molecule has 1 aromatic carbocycles. The zero-order valence-electron chi connectivity index (χ0n) is 7.81. The second-order valence-corrected chi connectivity index (χ2v) is 3.29. The van der Waals surface area contributed by atoms with Crippen LogP contribution in [0.15, 0.2) is 36.4 Å². The first-order valence-corrected chi connectivity index (χ1v) is 4.57. The zero-order valence-corrected chi connectivity index (χ0v) is 7.81. The van der Waals surface area contributed by atoms with Crippen molar-refractivity contribution in [2.24, 2.45) is 5.73 Å². The highest BCUT2D eigenvalue weighted by Gasteiger charge is 2.08. The van der Waals surface area contributed by atoms with Crippen LogP contribution in [-0.4, -0.2) is 19.0 Å². The van der Waals surface area contributed by atoms with E-state index < -0.39 is 0 Å². The highest BCUT2D eigenvalue weighted by Crippen LogP contribution is 2.17. The van der Waals surface area contributed by atoms with Crippen molar-refractivity contribution in [3.8, 4) is 0 Å². The molecular weight excluding hydrogens is 176 g/mol. The standard InChI is InChI=1S/C11H12N2O/c12-11(14)9-4-3-5-10(8-9)13-6-1-2-7-13/h1-5,8H,6-7H2,(H2,12,14). The number of hydrogen-bond acceptors (Lipinski definition) is 2. The van der Waals surface area contributed by atoms with E-state index in [2.05, 4.69) is 17.1 Å². The summed E-state index contributed by atoms with van der Waals surface area (Å²) >= 11 is 0. The molecule has 1 aromatic rings. The minimum Gasteiger partial charge on any atom is -0.366 e. The number of amides is 1. The van der Waals surface area contributed by atoms with Gasteiger partial charge in [-0.15, -0.1) is 0 Å². The molecule has 0 aromatic heterocycles. The van der Waals surface area contributed by atoms with Crippen LogP contribution >= 0.6 is 0 Å². The van der Waals surface area contributed by atoms with Gasteiger partial charge >= 0.3 is 0 Å². The Morgan fingerprint density at radius 2 is 2.00 bits per heavy atom. The number of primary amides is 1. The summed E-state index contributed by atoms with van der Waals surface area (Å²) < 4.78 is 0. The molecule has 0 fully saturated rings. The molecule has 14 heavy (non-hydrogen) atoms. The van der Waals surface area contributed by atoms with Crippen LogP contribution in [0.3, 0.4) is 0 Å². The summed E-state index contributed by atoms with van der Waals surface area (Å²) in [7, 11) is 0. The smallest absolute Gasteiger partial charge is 0.248 e. The van der Waals surface area contributed by atoms with E-state index in [0.29, 0.717) is 5.56 Å². The van der Waals surface area contributed by atoms with Gasteiger partial charge in [0.2, 0.25) is 5.91 Å². The Bertz CT molecular complexity index is 377. The lowest BCUT2D eigenvalue weighted by atomic mass is 10.2. The van der Waals surface area contributed by atoms with E-state index in [4.69, 9.17) is 5.73 Å². The molecule has 0 unspecified atom stereocenters. The summed E-state index contributed by atoms with van der Waals surface area (Å²) in [6.07, 6.45) is 4.22. The molecule has 0 spiro atoms. The summed E-state index contributed by atoms with van der Waals surface area (Å²) in [6.45, 7) is 1.81. The number of rotatable bonds is 2. The zero-order chi connectivity index (χ0) is 9.97. The number of carbonyl (C=O) groups is 1. The fourth-order valence-electron chi connectivity index (χ4n) is 1.54. The summed E-state index contributed by atoms with van der Waals surface area (Å²) in [6, 6.07) is 7.40. The van der Waals surface area contributed by atoms with Crippen LogP contribution in [0.5, 0.6) is 0 Å². The topological polar surface area (TPSA) is 46.3 Å². The minimum atomic E-state index is -0.376. The van der Waals surface area contributed by atoms with Crippen LogP contribution in [-0.2, 0) is 0 Å². The molecule has 0 saturated carbocycles. The molecule has 1 amide bonds. The van der Waals surface area contributed by atoms with Gasteiger partial charge in [-0.1, -0.05) is 18.2 Å². The molecule has 2 N–H and O–H groups in total. The lowest BCUT2D eigenvalue weighted by Gasteiger charge is -2.17. The van der Waals surface area contributed by atoms with E-state index in [1.807, 2.05) is 18.2 Å². The molecule has 0 atom stereocenters. The van der Waals surface area contributed by atoms with E-state index in [0.717, 1.165) is 18.8 Å². The van der Waals surface area contributed by atoms with E-state index >= 15 is 0 Å². The molecular formula is C11H12N2O. The van der Waals surface area contributed by atoms with E-state index in [9.17, 15) is 4.79 Å². The van der Waals surface area contributed by atoms with Crippen molar-refractivity contribution in [3.63, 3.8) is 0 Å². The Hall–Kier alpha value is -1.77. The third kappa shape index (κ3) is 1.62. The lowest BCUT2D eigenvalue weighted by molar-refractivity contribution is 0.100. The van der Waals surface area contributed by atoms with Gasteiger partial charge in [-0.05, 0) is 18.2 Å². The number of benzene rings is 1. The van der Waals surface area contributed by atoms with Gasteiger partial charge < -0.3 is 10.6 Å². The summed E-state index contributed by atoms with van der Waals surface area (Å²) in [5.74, 6) is -0.376. The molecule has 0 aliphatic carbocycles. The normalized spacial score (nSPS) is 14.7. The molecule has 3 nitrogen and oxygen atoms in total. The van der Waals surface area contributed by atoms with Gasteiger partial charge in [0.05, 0.1) is 0 Å². The number of nitrogens with zero attached hydrogens (tertiary/aromatic N) is 1. The van der Waals surface area contributed by atoms with Crippen LogP contribution in [0.25, 0.3) is 0 Å². The van der Waals surface area contributed by atoms with Crippen molar-refractivity contribution in [1.82, 2.24) is 0 Å². The van der Waals surface area contributed by atoms with Gasteiger partial charge in [-0.2, -0.15) is 0 Å². The van der Waals surface area contributed by atoms with Gasteiger partial charge in [0.1, 0.15) is 0 Å². The third-order valence-electron chi connectivity index (χ3n) is 2.31. The average molecular weight is 188 g/mol. The summed E-state index contributed by atoms with van der Waals surface area (Å²) in [4.78, 5) is 13.1. The maximum Gasteiger partial charge on any atom is 0.248 e.